The average molecular weight is 293 g/mol. The van der Waals surface area contributed by atoms with Gasteiger partial charge in [0.25, 0.3) is 0 Å². The van der Waals surface area contributed by atoms with Gasteiger partial charge in [0, 0.05) is 6.54 Å². The van der Waals surface area contributed by atoms with Gasteiger partial charge in [-0.25, -0.2) is 4.39 Å². The minimum atomic E-state index is -0.889. The predicted octanol–water partition coefficient (Wildman–Crippen LogP) is 2.38. The van der Waals surface area contributed by atoms with E-state index in [4.69, 9.17) is 5.11 Å². The van der Waals surface area contributed by atoms with E-state index in [-0.39, 0.29) is 11.7 Å². The minimum Gasteiger partial charge on any atom is -0.481 e. The second-order valence-corrected chi connectivity index (χ2v) is 5.51. The second kappa shape index (κ2) is 7.20. The third-order valence-electron chi connectivity index (χ3n) is 4.02. The van der Waals surface area contributed by atoms with Gasteiger partial charge in [0.2, 0.25) is 5.91 Å². The van der Waals surface area contributed by atoms with Gasteiger partial charge in [-0.2, -0.15) is 0 Å². The van der Waals surface area contributed by atoms with E-state index >= 15 is 0 Å². The van der Waals surface area contributed by atoms with Gasteiger partial charge in [-0.1, -0.05) is 25.0 Å². The normalized spacial score (nSPS) is 21.8. The first-order valence-corrected chi connectivity index (χ1v) is 7.33. The number of hydrogen-bond donors (Lipinski definition) is 2. The van der Waals surface area contributed by atoms with Crippen LogP contribution >= 0.6 is 0 Å². The number of amides is 1. The smallest absolute Gasteiger partial charge is 0.307 e. The first-order valence-electron chi connectivity index (χ1n) is 7.33. The Hall–Kier alpha value is -1.91. The van der Waals surface area contributed by atoms with Gasteiger partial charge >= 0.3 is 5.97 Å². The van der Waals surface area contributed by atoms with Gasteiger partial charge in [-0.15, -0.1) is 0 Å². The lowest BCUT2D eigenvalue weighted by Gasteiger charge is -2.27. The Balaban J connectivity index is 1.84. The van der Waals surface area contributed by atoms with Crippen LogP contribution in [0.2, 0.25) is 0 Å². The van der Waals surface area contributed by atoms with Crippen LogP contribution in [0.3, 0.4) is 0 Å². The summed E-state index contributed by atoms with van der Waals surface area (Å²) in [6.45, 7) is 0.394. The van der Waals surface area contributed by atoms with E-state index in [0.717, 1.165) is 18.4 Å². The van der Waals surface area contributed by atoms with Gasteiger partial charge in [0.15, 0.2) is 0 Å². The van der Waals surface area contributed by atoms with Crippen molar-refractivity contribution in [3.63, 3.8) is 0 Å². The summed E-state index contributed by atoms with van der Waals surface area (Å²) in [5.74, 6) is -2.40. The van der Waals surface area contributed by atoms with Crippen molar-refractivity contribution in [2.75, 3.05) is 6.54 Å². The molecule has 0 radical (unpaired) electrons. The number of rotatable bonds is 5. The summed E-state index contributed by atoms with van der Waals surface area (Å²) in [4.78, 5) is 23.3. The molecule has 2 N–H and O–H groups in total. The van der Waals surface area contributed by atoms with Crippen molar-refractivity contribution in [3.05, 3.63) is 35.6 Å². The van der Waals surface area contributed by atoms with Crippen LogP contribution in [0.4, 0.5) is 4.39 Å². The molecule has 0 bridgehead atoms. The maximum atomic E-state index is 13.0. The fourth-order valence-electron chi connectivity index (χ4n) is 2.89. The van der Waals surface area contributed by atoms with Crippen molar-refractivity contribution in [3.8, 4) is 0 Å². The zero-order valence-corrected chi connectivity index (χ0v) is 11.8. The number of carbonyl (C=O) groups is 2. The Bertz CT molecular complexity index is 518. The fourth-order valence-corrected chi connectivity index (χ4v) is 2.89. The molecule has 1 aromatic rings. The Labute approximate surface area is 123 Å². The molecule has 2 rings (SSSR count). The van der Waals surface area contributed by atoms with Crippen LogP contribution in [-0.4, -0.2) is 23.5 Å². The van der Waals surface area contributed by atoms with Crippen molar-refractivity contribution in [1.29, 1.82) is 0 Å². The first kappa shape index (κ1) is 15.5. The number of aliphatic carboxylic acids is 1. The molecule has 1 aliphatic carbocycles. The number of hydrogen-bond acceptors (Lipinski definition) is 2. The van der Waals surface area contributed by atoms with Gasteiger partial charge < -0.3 is 10.4 Å². The summed E-state index contributed by atoms with van der Waals surface area (Å²) in [7, 11) is 0. The van der Waals surface area contributed by atoms with E-state index in [1.165, 1.54) is 12.1 Å². The molecule has 1 amide bonds. The predicted molar refractivity (Wildman–Crippen MR) is 76.2 cm³/mol. The standard InChI is InChI=1S/C16H20FNO3/c17-12-5-3-4-11(10-12)8-9-18-15(19)13-6-1-2-7-14(13)16(20)21/h3-5,10,13-14H,1-2,6-9H2,(H,18,19)(H,20,21)/t13-,14+/m1/s1. The third-order valence-corrected chi connectivity index (χ3v) is 4.02. The number of carboxylic acid groups (broad SMARTS) is 1. The van der Waals surface area contributed by atoms with Gasteiger partial charge in [-0.05, 0) is 37.0 Å². The fraction of sp³-hybridized carbons (Fsp3) is 0.500. The second-order valence-electron chi connectivity index (χ2n) is 5.51. The lowest BCUT2D eigenvalue weighted by molar-refractivity contribution is -0.148. The number of carbonyl (C=O) groups excluding carboxylic acids is 1. The van der Waals surface area contributed by atoms with Crippen molar-refractivity contribution in [2.24, 2.45) is 11.8 Å². The van der Waals surface area contributed by atoms with Crippen LogP contribution in [-0.2, 0) is 16.0 Å². The van der Waals surface area contributed by atoms with Crippen LogP contribution in [0, 0.1) is 17.7 Å². The van der Waals surface area contributed by atoms with Crippen LogP contribution < -0.4 is 5.32 Å². The molecule has 114 valence electrons. The number of nitrogens with one attached hydrogen (secondary N) is 1. The highest BCUT2D eigenvalue weighted by Crippen LogP contribution is 2.30. The Kier molecular flexibility index (Phi) is 5.31. The Morgan fingerprint density at radius 2 is 1.95 bits per heavy atom. The van der Waals surface area contributed by atoms with E-state index in [0.29, 0.717) is 25.8 Å². The lowest BCUT2D eigenvalue weighted by Crippen LogP contribution is -2.40. The number of benzene rings is 1. The molecule has 21 heavy (non-hydrogen) atoms. The van der Waals surface area contributed by atoms with Crippen molar-refractivity contribution >= 4 is 11.9 Å². The summed E-state index contributed by atoms with van der Waals surface area (Å²) in [6.07, 6.45) is 3.49. The number of carboxylic acids is 1. The van der Waals surface area contributed by atoms with E-state index < -0.39 is 17.8 Å². The first-order chi connectivity index (χ1) is 10.1. The molecule has 1 saturated carbocycles. The van der Waals surface area contributed by atoms with Crippen molar-refractivity contribution < 1.29 is 19.1 Å². The highest BCUT2D eigenvalue weighted by molar-refractivity contribution is 5.84. The third kappa shape index (κ3) is 4.28. The molecule has 1 aliphatic rings. The molecule has 2 atom stereocenters. The summed E-state index contributed by atoms with van der Waals surface area (Å²) in [5.41, 5.74) is 0.814. The Morgan fingerprint density at radius 1 is 1.24 bits per heavy atom. The monoisotopic (exact) mass is 293 g/mol. The van der Waals surface area contributed by atoms with Crippen molar-refractivity contribution in [2.45, 2.75) is 32.1 Å². The summed E-state index contributed by atoms with van der Waals surface area (Å²) >= 11 is 0. The van der Waals surface area contributed by atoms with Crippen LogP contribution in [0.15, 0.2) is 24.3 Å². The number of halogens is 1. The molecule has 5 heteroatoms. The van der Waals surface area contributed by atoms with E-state index in [2.05, 4.69) is 5.32 Å². The topological polar surface area (TPSA) is 66.4 Å². The molecule has 0 saturated heterocycles. The lowest BCUT2D eigenvalue weighted by atomic mass is 9.78. The zero-order valence-electron chi connectivity index (χ0n) is 11.8. The maximum Gasteiger partial charge on any atom is 0.307 e. The summed E-state index contributed by atoms with van der Waals surface area (Å²) in [5, 5.41) is 12.0. The van der Waals surface area contributed by atoms with E-state index in [1.54, 1.807) is 12.1 Å². The average Bonchev–Trinajstić information content (AvgIpc) is 2.47. The van der Waals surface area contributed by atoms with Crippen LogP contribution in [0.5, 0.6) is 0 Å². The molecule has 0 spiro atoms. The molecule has 0 aromatic heterocycles. The van der Waals surface area contributed by atoms with Gasteiger partial charge in [-0.3, -0.25) is 9.59 Å². The molecule has 4 nitrogen and oxygen atoms in total. The zero-order chi connectivity index (χ0) is 15.2. The quantitative estimate of drug-likeness (QED) is 0.876. The van der Waals surface area contributed by atoms with Crippen LogP contribution in [0.25, 0.3) is 0 Å². The molecule has 0 unspecified atom stereocenters. The molecule has 1 fully saturated rings. The molecule has 1 aromatic carbocycles. The van der Waals surface area contributed by atoms with Crippen molar-refractivity contribution in [1.82, 2.24) is 5.32 Å². The molecular formula is C16H20FNO3. The highest BCUT2D eigenvalue weighted by atomic mass is 19.1. The maximum absolute atomic E-state index is 13.0. The molecule has 0 heterocycles. The van der Waals surface area contributed by atoms with Gasteiger partial charge in [0.05, 0.1) is 11.8 Å². The van der Waals surface area contributed by atoms with E-state index in [1.807, 2.05) is 0 Å². The van der Waals surface area contributed by atoms with Gasteiger partial charge in [0.1, 0.15) is 5.82 Å². The molecule has 0 aliphatic heterocycles. The summed E-state index contributed by atoms with van der Waals surface area (Å²) < 4.78 is 13.0. The Morgan fingerprint density at radius 3 is 2.62 bits per heavy atom. The SMILES string of the molecule is O=C(O)[C@H]1CCCC[C@H]1C(=O)NCCc1cccc(F)c1. The van der Waals surface area contributed by atoms with E-state index in [9.17, 15) is 14.0 Å². The van der Waals surface area contributed by atoms with Crippen LogP contribution in [0.1, 0.15) is 31.2 Å². The highest BCUT2D eigenvalue weighted by Gasteiger charge is 2.35. The molecular weight excluding hydrogens is 273 g/mol. The summed E-state index contributed by atoms with van der Waals surface area (Å²) in [6, 6.07) is 6.25. The largest absolute Gasteiger partial charge is 0.481 e. The minimum absolute atomic E-state index is 0.196.